The average Bonchev–Trinajstić information content (AvgIpc) is 2.81. The first-order valence-electron chi connectivity index (χ1n) is 11.2. The number of benzene rings is 3. The normalized spacial score (nSPS) is 12.8. The standard InChI is InChI=1S/C27H23F3N2O3S/c1-3-36-23-11-4-19(5-12-23)16-26(33)31-20-6-13-24(32-15-14-18(32)2)25(17-20)34-21-7-9-22(10-8-21)35-27(28,29)30/h4-15,17H,3,16H2,1-2H3/p+1. The number of amides is 1. The van der Waals surface area contributed by atoms with Crippen LogP contribution in [0, 0.1) is 0 Å². The topological polar surface area (TPSA) is 50.6 Å². The van der Waals surface area contributed by atoms with E-state index in [1.54, 1.807) is 23.9 Å². The number of alkyl halides is 3. The molecule has 186 valence electrons. The minimum absolute atomic E-state index is 0.176. The molecule has 1 aliphatic heterocycles. The van der Waals surface area contributed by atoms with Gasteiger partial charge in [-0.2, -0.15) is 4.58 Å². The van der Waals surface area contributed by atoms with Crippen molar-refractivity contribution < 1.29 is 32.0 Å². The summed E-state index contributed by atoms with van der Waals surface area (Å²) in [6.07, 6.45) is -0.739. The molecular weight excluding hydrogens is 489 g/mol. The number of allylic oxidation sites excluding steroid dienone is 1. The number of nitrogens with zero attached hydrogens (tertiary/aromatic N) is 1. The molecule has 1 aliphatic rings. The van der Waals surface area contributed by atoms with Gasteiger partial charge in [0.1, 0.15) is 11.5 Å². The second kappa shape index (κ2) is 10.9. The molecule has 1 amide bonds. The smallest absolute Gasteiger partial charge is 0.450 e. The molecule has 1 heterocycles. The van der Waals surface area contributed by atoms with E-state index in [1.807, 2.05) is 54.1 Å². The van der Waals surface area contributed by atoms with Crippen molar-refractivity contribution in [3.63, 3.8) is 0 Å². The molecule has 3 aromatic rings. The molecule has 0 bridgehead atoms. The van der Waals surface area contributed by atoms with Gasteiger partial charge in [-0.25, -0.2) is 0 Å². The fraction of sp³-hybridized carbons (Fsp3) is 0.185. The minimum Gasteiger partial charge on any atom is -0.450 e. The maximum absolute atomic E-state index is 12.7. The molecule has 0 spiro atoms. The molecular formula is C27H24F3N2O3S+. The Hall–Kier alpha value is -3.72. The van der Waals surface area contributed by atoms with Crippen LogP contribution in [0.1, 0.15) is 19.4 Å². The molecule has 0 aliphatic carbocycles. The van der Waals surface area contributed by atoms with E-state index in [0.29, 0.717) is 17.2 Å². The molecule has 0 atom stereocenters. The van der Waals surface area contributed by atoms with Gasteiger partial charge in [0.15, 0.2) is 11.9 Å². The summed E-state index contributed by atoms with van der Waals surface area (Å²) < 4.78 is 49.2. The van der Waals surface area contributed by atoms with Gasteiger partial charge in [-0.1, -0.05) is 19.1 Å². The number of carbonyl (C=O) groups is 1. The molecule has 0 fully saturated rings. The van der Waals surface area contributed by atoms with Crippen molar-refractivity contribution in [2.75, 3.05) is 11.1 Å². The van der Waals surface area contributed by atoms with Crippen LogP contribution in [0.15, 0.2) is 83.9 Å². The van der Waals surface area contributed by atoms with E-state index in [-0.39, 0.29) is 18.1 Å². The van der Waals surface area contributed by atoms with Crippen LogP contribution in [0.2, 0.25) is 0 Å². The lowest BCUT2D eigenvalue weighted by molar-refractivity contribution is -0.372. The van der Waals surface area contributed by atoms with Gasteiger partial charge in [0.25, 0.3) is 5.69 Å². The molecule has 0 saturated carbocycles. The monoisotopic (exact) mass is 513 g/mol. The minimum atomic E-state index is -4.77. The zero-order chi connectivity index (χ0) is 25.7. The Bertz CT molecular complexity index is 1300. The van der Waals surface area contributed by atoms with E-state index < -0.39 is 6.36 Å². The van der Waals surface area contributed by atoms with Crippen LogP contribution >= 0.6 is 11.8 Å². The van der Waals surface area contributed by atoms with E-state index in [9.17, 15) is 18.0 Å². The number of nitrogens with one attached hydrogen (secondary N) is 1. The average molecular weight is 514 g/mol. The maximum atomic E-state index is 12.7. The van der Waals surface area contributed by atoms with Crippen molar-refractivity contribution in [1.29, 1.82) is 0 Å². The molecule has 0 aromatic heterocycles. The fourth-order valence-electron chi connectivity index (χ4n) is 3.54. The van der Waals surface area contributed by atoms with Crippen LogP contribution in [-0.4, -0.2) is 28.3 Å². The Kier molecular flexibility index (Phi) is 7.69. The lowest BCUT2D eigenvalue weighted by Crippen LogP contribution is -2.17. The number of halogens is 3. The van der Waals surface area contributed by atoms with E-state index in [0.717, 1.165) is 27.6 Å². The highest BCUT2D eigenvalue weighted by atomic mass is 32.2. The number of hydrogen-bond acceptors (Lipinski definition) is 4. The highest BCUT2D eigenvalue weighted by molar-refractivity contribution is 7.99. The molecule has 5 nitrogen and oxygen atoms in total. The lowest BCUT2D eigenvalue weighted by Gasteiger charge is -2.14. The van der Waals surface area contributed by atoms with Crippen LogP contribution in [-0.2, 0) is 11.2 Å². The summed E-state index contributed by atoms with van der Waals surface area (Å²) in [5, 5.41) is 2.89. The number of anilines is 1. The van der Waals surface area contributed by atoms with Crippen LogP contribution in [0.25, 0.3) is 0 Å². The summed E-state index contributed by atoms with van der Waals surface area (Å²) in [5.41, 5.74) is 3.16. The van der Waals surface area contributed by atoms with E-state index >= 15 is 0 Å². The molecule has 0 saturated heterocycles. The quantitative estimate of drug-likeness (QED) is 0.241. The first kappa shape index (κ1) is 25.4. The maximum Gasteiger partial charge on any atom is 0.573 e. The van der Waals surface area contributed by atoms with Gasteiger partial charge in [0.05, 0.1) is 12.5 Å². The van der Waals surface area contributed by atoms with Crippen molar-refractivity contribution in [2.45, 2.75) is 31.5 Å². The summed E-state index contributed by atoms with van der Waals surface area (Å²) in [7, 11) is 0. The second-order valence-corrected chi connectivity index (χ2v) is 9.27. The molecule has 1 N–H and O–H groups in total. The van der Waals surface area contributed by atoms with E-state index in [1.165, 1.54) is 24.3 Å². The predicted octanol–water partition coefficient (Wildman–Crippen LogP) is 7.30. The van der Waals surface area contributed by atoms with Crippen LogP contribution in [0.5, 0.6) is 17.2 Å². The molecule has 9 heteroatoms. The van der Waals surface area contributed by atoms with Gasteiger partial charge >= 0.3 is 6.36 Å². The Morgan fingerprint density at radius 1 is 1.00 bits per heavy atom. The first-order chi connectivity index (χ1) is 17.2. The van der Waals surface area contributed by atoms with Crippen molar-refractivity contribution >= 4 is 34.8 Å². The second-order valence-electron chi connectivity index (χ2n) is 7.93. The van der Waals surface area contributed by atoms with Crippen molar-refractivity contribution in [3.8, 4) is 17.2 Å². The predicted molar refractivity (Wildman–Crippen MR) is 135 cm³/mol. The molecule has 3 aromatic carbocycles. The first-order valence-corrected chi connectivity index (χ1v) is 12.2. The lowest BCUT2D eigenvalue weighted by atomic mass is 10.1. The fourth-order valence-corrected chi connectivity index (χ4v) is 4.20. The number of ether oxygens (including phenoxy) is 2. The summed E-state index contributed by atoms with van der Waals surface area (Å²) >= 11 is 1.74. The summed E-state index contributed by atoms with van der Waals surface area (Å²) in [5.74, 6) is 1.22. The molecule has 0 radical (unpaired) electrons. The van der Waals surface area contributed by atoms with Gasteiger partial charge in [0.2, 0.25) is 11.7 Å². The van der Waals surface area contributed by atoms with Gasteiger partial charge < -0.3 is 14.8 Å². The highest BCUT2D eigenvalue weighted by Crippen LogP contribution is 2.36. The zero-order valence-corrected chi connectivity index (χ0v) is 20.5. The van der Waals surface area contributed by atoms with Gasteiger partial charge in [-0.05, 0) is 53.8 Å². The van der Waals surface area contributed by atoms with Gasteiger partial charge in [-0.3, -0.25) is 4.79 Å². The van der Waals surface area contributed by atoms with Crippen molar-refractivity contribution in [3.05, 3.63) is 84.6 Å². The number of carbonyl (C=O) groups excluding carboxylic acids is 1. The number of hydrogen-bond donors (Lipinski definition) is 1. The SMILES string of the molecule is CCSc1ccc(CC(=O)Nc2ccc([N+]3=C(C)C=C3)c(Oc3ccc(OC(F)(F)F)cc3)c2)cc1. The largest absolute Gasteiger partial charge is 0.573 e. The van der Waals surface area contributed by atoms with Crippen LogP contribution in [0.3, 0.4) is 0 Å². The van der Waals surface area contributed by atoms with Crippen molar-refractivity contribution in [2.24, 2.45) is 0 Å². The van der Waals surface area contributed by atoms with Gasteiger partial charge in [0, 0.05) is 29.6 Å². The molecule has 36 heavy (non-hydrogen) atoms. The third kappa shape index (κ3) is 6.69. The molecule has 4 rings (SSSR count). The Labute approximate surface area is 211 Å². The number of thioether (sulfide) groups is 1. The molecule has 0 unspecified atom stereocenters. The summed E-state index contributed by atoms with van der Waals surface area (Å²) in [4.78, 5) is 13.8. The Balaban J connectivity index is 1.50. The third-order valence-corrected chi connectivity index (χ3v) is 6.13. The summed E-state index contributed by atoms with van der Waals surface area (Å²) in [6, 6.07) is 18.3. The van der Waals surface area contributed by atoms with E-state index in [4.69, 9.17) is 4.74 Å². The van der Waals surface area contributed by atoms with Gasteiger partial charge in [-0.15, -0.1) is 24.9 Å². The Morgan fingerprint density at radius 2 is 1.69 bits per heavy atom. The number of rotatable bonds is 9. The van der Waals surface area contributed by atoms with Crippen molar-refractivity contribution in [1.82, 2.24) is 0 Å². The highest BCUT2D eigenvalue weighted by Gasteiger charge is 2.31. The summed E-state index contributed by atoms with van der Waals surface area (Å²) in [6.45, 7) is 4.03. The van der Waals surface area contributed by atoms with E-state index in [2.05, 4.69) is 17.0 Å². The van der Waals surface area contributed by atoms with Crippen LogP contribution in [0.4, 0.5) is 24.5 Å². The zero-order valence-electron chi connectivity index (χ0n) is 19.6. The Morgan fingerprint density at radius 3 is 2.28 bits per heavy atom. The van der Waals surface area contributed by atoms with Crippen LogP contribution < -0.4 is 14.8 Å². The third-order valence-electron chi connectivity index (χ3n) is 5.23.